The second-order valence-corrected chi connectivity index (χ2v) is 4.74. The highest BCUT2D eigenvalue weighted by molar-refractivity contribution is 5.78. The van der Waals surface area contributed by atoms with Gasteiger partial charge in [-0.15, -0.1) is 0 Å². The van der Waals surface area contributed by atoms with E-state index < -0.39 is 0 Å². The lowest BCUT2D eigenvalue weighted by atomic mass is 10.1. The molecule has 0 aliphatic heterocycles. The Hall–Kier alpha value is -0.610. The summed E-state index contributed by atoms with van der Waals surface area (Å²) in [7, 11) is 0. The van der Waals surface area contributed by atoms with Gasteiger partial charge >= 0.3 is 0 Å². The first-order valence-electron chi connectivity index (χ1n) is 6.31. The number of hydrogen-bond acceptors (Lipinski definition) is 3. The Kier molecular flexibility index (Phi) is 5.77. The molecule has 3 atom stereocenters. The fraction of sp³-hybridized carbons (Fsp3) is 0.917. The maximum Gasteiger partial charge on any atom is 0.234 e. The number of aliphatic hydroxyl groups is 1. The molecule has 3 N–H and O–H groups in total. The van der Waals surface area contributed by atoms with Gasteiger partial charge < -0.3 is 15.7 Å². The van der Waals surface area contributed by atoms with Crippen LogP contribution < -0.4 is 10.6 Å². The summed E-state index contributed by atoms with van der Waals surface area (Å²) in [4.78, 5) is 11.6. The van der Waals surface area contributed by atoms with Crippen molar-refractivity contribution in [2.45, 2.75) is 51.6 Å². The molecule has 1 saturated carbocycles. The third-order valence-corrected chi connectivity index (χ3v) is 3.46. The van der Waals surface area contributed by atoms with Gasteiger partial charge in [-0.3, -0.25) is 4.79 Å². The van der Waals surface area contributed by atoms with E-state index in [4.69, 9.17) is 5.11 Å². The number of carbonyl (C=O) groups is 1. The van der Waals surface area contributed by atoms with Gasteiger partial charge in [0.1, 0.15) is 0 Å². The van der Waals surface area contributed by atoms with Gasteiger partial charge in [-0.05, 0) is 26.2 Å². The fourth-order valence-corrected chi connectivity index (χ4v) is 2.11. The molecule has 4 nitrogen and oxygen atoms in total. The Morgan fingerprint density at radius 1 is 1.50 bits per heavy atom. The minimum Gasteiger partial charge on any atom is -0.396 e. The Balaban J connectivity index is 2.23. The predicted octanol–water partition coefficient (Wildman–Crippen LogP) is 0.652. The van der Waals surface area contributed by atoms with Crippen LogP contribution in [0, 0.1) is 5.92 Å². The van der Waals surface area contributed by atoms with Gasteiger partial charge in [0.05, 0.1) is 6.54 Å². The molecule has 0 aromatic rings. The van der Waals surface area contributed by atoms with Crippen LogP contribution in [0.4, 0.5) is 0 Å². The Morgan fingerprint density at radius 3 is 2.88 bits per heavy atom. The van der Waals surface area contributed by atoms with E-state index in [0.29, 0.717) is 12.6 Å². The Labute approximate surface area is 97.8 Å². The molecule has 16 heavy (non-hydrogen) atoms. The standard InChI is InChI=1S/C12H24N2O2/c1-3-9(2)13-7-12(16)14-11-6-4-5-10(11)8-15/h9-11,13,15H,3-8H2,1-2H3,(H,14,16). The van der Waals surface area contributed by atoms with E-state index in [1.54, 1.807) is 0 Å². The van der Waals surface area contributed by atoms with E-state index in [-0.39, 0.29) is 24.5 Å². The van der Waals surface area contributed by atoms with E-state index in [1.165, 1.54) is 0 Å². The molecule has 0 spiro atoms. The summed E-state index contributed by atoms with van der Waals surface area (Å²) < 4.78 is 0. The van der Waals surface area contributed by atoms with Crippen LogP contribution in [0.5, 0.6) is 0 Å². The fourth-order valence-electron chi connectivity index (χ4n) is 2.11. The van der Waals surface area contributed by atoms with Gasteiger partial charge in [-0.2, -0.15) is 0 Å². The van der Waals surface area contributed by atoms with Crippen LogP contribution in [0.15, 0.2) is 0 Å². The van der Waals surface area contributed by atoms with Crippen LogP contribution in [-0.4, -0.2) is 36.2 Å². The number of amides is 1. The van der Waals surface area contributed by atoms with Crippen LogP contribution in [-0.2, 0) is 4.79 Å². The molecule has 3 unspecified atom stereocenters. The molecule has 4 heteroatoms. The van der Waals surface area contributed by atoms with Gasteiger partial charge in [0.2, 0.25) is 5.91 Å². The zero-order chi connectivity index (χ0) is 12.0. The van der Waals surface area contributed by atoms with Crippen LogP contribution in [0.25, 0.3) is 0 Å². The summed E-state index contributed by atoms with van der Waals surface area (Å²) >= 11 is 0. The molecule has 1 aliphatic rings. The number of nitrogens with one attached hydrogen (secondary N) is 2. The first-order chi connectivity index (χ1) is 7.67. The van der Waals surface area contributed by atoms with E-state index >= 15 is 0 Å². The van der Waals surface area contributed by atoms with Crippen LogP contribution >= 0.6 is 0 Å². The lowest BCUT2D eigenvalue weighted by Crippen LogP contribution is -2.44. The highest BCUT2D eigenvalue weighted by atomic mass is 16.3. The van der Waals surface area contributed by atoms with Crippen LogP contribution in [0.3, 0.4) is 0 Å². The van der Waals surface area contributed by atoms with E-state index in [1.807, 2.05) is 0 Å². The van der Waals surface area contributed by atoms with Crippen molar-refractivity contribution in [3.63, 3.8) is 0 Å². The lowest BCUT2D eigenvalue weighted by Gasteiger charge is -2.19. The van der Waals surface area contributed by atoms with Crippen molar-refractivity contribution in [3.05, 3.63) is 0 Å². The van der Waals surface area contributed by atoms with Crippen molar-refractivity contribution in [2.24, 2.45) is 5.92 Å². The monoisotopic (exact) mass is 228 g/mol. The average Bonchev–Trinajstić information content (AvgIpc) is 2.73. The molecule has 1 rings (SSSR count). The summed E-state index contributed by atoms with van der Waals surface area (Å²) in [6.07, 6.45) is 4.16. The van der Waals surface area contributed by atoms with Crippen molar-refractivity contribution < 1.29 is 9.90 Å². The van der Waals surface area contributed by atoms with Crippen molar-refractivity contribution in [1.29, 1.82) is 0 Å². The molecule has 0 saturated heterocycles. The number of rotatable bonds is 6. The topological polar surface area (TPSA) is 61.4 Å². The average molecular weight is 228 g/mol. The molecule has 1 aliphatic carbocycles. The summed E-state index contributed by atoms with van der Waals surface area (Å²) in [6, 6.07) is 0.555. The van der Waals surface area contributed by atoms with Gasteiger partial charge in [-0.1, -0.05) is 13.3 Å². The van der Waals surface area contributed by atoms with Crippen LogP contribution in [0.1, 0.15) is 39.5 Å². The maximum absolute atomic E-state index is 11.6. The van der Waals surface area contributed by atoms with Crippen molar-refractivity contribution in [1.82, 2.24) is 10.6 Å². The first kappa shape index (κ1) is 13.5. The van der Waals surface area contributed by atoms with E-state index in [2.05, 4.69) is 24.5 Å². The zero-order valence-electron chi connectivity index (χ0n) is 10.3. The van der Waals surface area contributed by atoms with Gasteiger partial charge in [-0.25, -0.2) is 0 Å². The molecule has 1 amide bonds. The largest absolute Gasteiger partial charge is 0.396 e. The summed E-state index contributed by atoms with van der Waals surface area (Å²) in [5.41, 5.74) is 0. The highest BCUT2D eigenvalue weighted by Gasteiger charge is 2.27. The van der Waals surface area contributed by atoms with Crippen molar-refractivity contribution >= 4 is 5.91 Å². The molecule has 0 heterocycles. The molecular formula is C12H24N2O2. The second kappa shape index (κ2) is 6.86. The molecule has 94 valence electrons. The third kappa shape index (κ3) is 4.10. The lowest BCUT2D eigenvalue weighted by molar-refractivity contribution is -0.121. The first-order valence-corrected chi connectivity index (χ1v) is 6.31. The van der Waals surface area contributed by atoms with Gasteiger partial charge in [0.25, 0.3) is 0 Å². The molecule has 0 bridgehead atoms. The third-order valence-electron chi connectivity index (χ3n) is 3.46. The SMILES string of the molecule is CCC(C)NCC(=O)NC1CCCC1CO. The quantitative estimate of drug-likeness (QED) is 0.625. The molecular weight excluding hydrogens is 204 g/mol. The minimum atomic E-state index is 0.0469. The second-order valence-electron chi connectivity index (χ2n) is 4.74. The smallest absolute Gasteiger partial charge is 0.234 e. The number of carbonyl (C=O) groups excluding carboxylic acids is 1. The Morgan fingerprint density at radius 2 is 2.25 bits per heavy atom. The number of hydrogen-bond donors (Lipinski definition) is 3. The minimum absolute atomic E-state index is 0.0469. The van der Waals surface area contributed by atoms with E-state index in [9.17, 15) is 4.79 Å². The predicted molar refractivity (Wildman–Crippen MR) is 64.1 cm³/mol. The summed E-state index contributed by atoms with van der Waals surface area (Å²) in [6.45, 7) is 4.72. The Bertz CT molecular complexity index is 221. The normalized spacial score (nSPS) is 26.7. The molecule has 0 aromatic heterocycles. The molecule has 1 fully saturated rings. The summed E-state index contributed by atoms with van der Waals surface area (Å²) in [5, 5.41) is 15.3. The molecule has 0 aromatic carbocycles. The van der Waals surface area contributed by atoms with E-state index in [0.717, 1.165) is 25.7 Å². The van der Waals surface area contributed by atoms with Crippen molar-refractivity contribution in [2.75, 3.05) is 13.2 Å². The van der Waals surface area contributed by atoms with Crippen LogP contribution in [0.2, 0.25) is 0 Å². The highest BCUT2D eigenvalue weighted by Crippen LogP contribution is 2.24. The van der Waals surface area contributed by atoms with Gasteiger partial charge in [0.15, 0.2) is 0 Å². The maximum atomic E-state index is 11.6. The number of aliphatic hydroxyl groups excluding tert-OH is 1. The summed E-state index contributed by atoms with van der Waals surface area (Å²) in [5.74, 6) is 0.304. The molecule has 0 radical (unpaired) electrons. The van der Waals surface area contributed by atoms with Gasteiger partial charge in [0, 0.05) is 24.6 Å². The van der Waals surface area contributed by atoms with Crippen molar-refractivity contribution in [3.8, 4) is 0 Å². The zero-order valence-corrected chi connectivity index (χ0v) is 10.3.